The van der Waals surface area contributed by atoms with Crippen LogP contribution in [0.5, 0.6) is 0 Å². The minimum Gasteiger partial charge on any atom is -0.323 e. The van der Waals surface area contributed by atoms with Crippen LogP contribution in [-0.2, 0) is 15.1 Å². The molecule has 156 valence electrons. The first kappa shape index (κ1) is 21.8. The molecule has 0 saturated carbocycles. The number of anilines is 1. The molecule has 0 spiro atoms. The highest BCUT2D eigenvalue weighted by molar-refractivity contribution is 6.44. The van der Waals surface area contributed by atoms with Gasteiger partial charge in [0.05, 0.1) is 25.7 Å². The van der Waals surface area contributed by atoms with Crippen LogP contribution in [0.3, 0.4) is 0 Å². The first-order chi connectivity index (χ1) is 14.0. The minimum absolute atomic E-state index is 0.130. The molecule has 0 bridgehead atoms. The molecule has 9 nitrogen and oxygen atoms in total. The lowest BCUT2D eigenvalue weighted by Gasteiger charge is -2.22. The summed E-state index contributed by atoms with van der Waals surface area (Å²) in [6.07, 6.45) is 0. The van der Waals surface area contributed by atoms with Crippen molar-refractivity contribution in [3.63, 3.8) is 0 Å². The fourth-order valence-electron chi connectivity index (χ4n) is 2.90. The van der Waals surface area contributed by atoms with Gasteiger partial charge in [-0.1, -0.05) is 34.8 Å². The van der Waals surface area contributed by atoms with Crippen molar-refractivity contribution in [1.29, 1.82) is 0 Å². The van der Waals surface area contributed by atoms with Crippen LogP contribution >= 0.6 is 34.8 Å². The van der Waals surface area contributed by atoms with Gasteiger partial charge in [-0.2, -0.15) is 0 Å². The van der Waals surface area contributed by atoms with E-state index < -0.39 is 34.9 Å². The third kappa shape index (κ3) is 4.04. The molecule has 12 heteroatoms. The molecule has 1 atom stereocenters. The topological polar surface area (TPSA) is 122 Å². The van der Waals surface area contributed by atoms with Crippen LogP contribution in [0.1, 0.15) is 12.5 Å². The number of nitrogens with one attached hydrogen (secondary N) is 2. The Morgan fingerprint density at radius 3 is 2.33 bits per heavy atom. The largest absolute Gasteiger partial charge is 0.325 e. The summed E-state index contributed by atoms with van der Waals surface area (Å²) in [6.45, 7) is 0.867. The summed E-state index contributed by atoms with van der Waals surface area (Å²) < 4.78 is 0. The number of nitro groups is 1. The number of non-ortho nitro benzene ring substituents is 1. The third-order valence-corrected chi connectivity index (χ3v) is 5.55. The van der Waals surface area contributed by atoms with Crippen molar-refractivity contribution < 1.29 is 19.3 Å². The van der Waals surface area contributed by atoms with E-state index in [0.717, 1.165) is 4.90 Å². The van der Waals surface area contributed by atoms with E-state index in [-0.39, 0.29) is 26.4 Å². The van der Waals surface area contributed by atoms with Crippen LogP contribution in [0.25, 0.3) is 0 Å². The zero-order chi connectivity index (χ0) is 22.2. The number of nitro benzene ring substituents is 1. The number of hydrogen-bond acceptors (Lipinski definition) is 5. The maximum atomic E-state index is 12.9. The van der Waals surface area contributed by atoms with Crippen molar-refractivity contribution in [2.45, 2.75) is 12.5 Å². The second-order valence-electron chi connectivity index (χ2n) is 6.54. The standard InChI is InChI=1S/C18H13Cl3N4O5/c1-18(9-2-4-10(5-3-9)25(29)30)16(27)24(17(28)23-18)8-15(26)22-14-7-12(20)11(19)6-13(14)21/h2-7H,8H2,1H3,(H,22,26)(H,23,28). The molecule has 2 aromatic rings. The summed E-state index contributed by atoms with van der Waals surface area (Å²) in [5.74, 6) is -1.37. The van der Waals surface area contributed by atoms with Crippen LogP contribution in [0.2, 0.25) is 15.1 Å². The fraction of sp³-hybridized carbons (Fsp3) is 0.167. The first-order valence-electron chi connectivity index (χ1n) is 8.36. The highest BCUT2D eigenvalue weighted by Crippen LogP contribution is 2.33. The summed E-state index contributed by atoms with van der Waals surface area (Å²) in [5.41, 5.74) is -1.13. The van der Waals surface area contributed by atoms with Gasteiger partial charge in [0, 0.05) is 12.1 Å². The van der Waals surface area contributed by atoms with Gasteiger partial charge < -0.3 is 10.6 Å². The van der Waals surface area contributed by atoms with E-state index in [0.29, 0.717) is 5.56 Å². The van der Waals surface area contributed by atoms with Gasteiger partial charge in [0.15, 0.2) is 0 Å². The number of nitrogens with zero attached hydrogens (tertiary/aromatic N) is 2. The Labute approximate surface area is 185 Å². The predicted octanol–water partition coefficient (Wildman–Crippen LogP) is 3.96. The van der Waals surface area contributed by atoms with Gasteiger partial charge in [-0.25, -0.2) is 4.79 Å². The van der Waals surface area contributed by atoms with Gasteiger partial charge in [0.1, 0.15) is 12.1 Å². The Morgan fingerprint density at radius 1 is 1.13 bits per heavy atom. The van der Waals surface area contributed by atoms with E-state index in [9.17, 15) is 24.5 Å². The lowest BCUT2D eigenvalue weighted by atomic mass is 9.92. The van der Waals surface area contributed by atoms with Gasteiger partial charge in [-0.05, 0) is 36.8 Å². The van der Waals surface area contributed by atoms with E-state index in [1.165, 1.54) is 43.3 Å². The van der Waals surface area contributed by atoms with Crippen LogP contribution < -0.4 is 10.6 Å². The number of amides is 4. The van der Waals surface area contributed by atoms with E-state index in [2.05, 4.69) is 10.6 Å². The Morgan fingerprint density at radius 2 is 1.73 bits per heavy atom. The smallest absolute Gasteiger partial charge is 0.323 e. The van der Waals surface area contributed by atoms with E-state index >= 15 is 0 Å². The van der Waals surface area contributed by atoms with Crippen molar-refractivity contribution >= 4 is 64.0 Å². The lowest BCUT2D eigenvalue weighted by Crippen LogP contribution is -2.42. The fourth-order valence-corrected chi connectivity index (χ4v) is 3.50. The zero-order valence-corrected chi connectivity index (χ0v) is 17.5. The lowest BCUT2D eigenvalue weighted by molar-refractivity contribution is -0.384. The summed E-state index contributed by atoms with van der Waals surface area (Å²) in [6, 6.07) is 7.10. The molecule has 30 heavy (non-hydrogen) atoms. The second kappa shape index (κ2) is 8.10. The van der Waals surface area contributed by atoms with E-state index in [1.807, 2.05) is 0 Å². The average Bonchev–Trinajstić information content (AvgIpc) is 2.90. The predicted molar refractivity (Wildman–Crippen MR) is 111 cm³/mol. The molecular weight excluding hydrogens is 459 g/mol. The maximum absolute atomic E-state index is 12.9. The second-order valence-corrected chi connectivity index (χ2v) is 7.77. The maximum Gasteiger partial charge on any atom is 0.325 e. The SMILES string of the molecule is CC1(c2ccc([N+](=O)[O-])cc2)NC(=O)N(CC(=O)Nc2cc(Cl)c(Cl)cc2Cl)C1=O. The van der Waals surface area contributed by atoms with Gasteiger partial charge in [0.2, 0.25) is 5.91 Å². The molecule has 1 fully saturated rings. The first-order valence-corrected chi connectivity index (χ1v) is 9.50. The number of imide groups is 1. The minimum atomic E-state index is -1.48. The van der Waals surface area contributed by atoms with Gasteiger partial charge in [-0.3, -0.25) is 24.6 Å². The van der Waals surface area contributed by atoms with Crippen LogP contribution in [0, 0.1) is 10.1 Å². The summed E-state index contributed by atoms with van der Waals surface area (Å²) in [7, 11) is 0. The van der Waals surface area contributed by atoms with E-state index in [4.69, 9.17) is 34.8 Å². The van der Waals surface area contributed by atoms with Crippen LogP contribution in [0.15, 0.2) is 36.4 Å². The van der Waals surface area contributed by atoms with Crippen LogP contribution in [-0.4, -0.2) is 34.2 Å². The molecule has 2 N–H and O–H groups in total. The molecule has 0 radical (unpaired) electrons. The van der Waals surface area contributed by atoms with Crippen LogP contribution in [0.4, 0.5) is 16.2 Å². The number of carbonyl (C=O) groups excluding carboxylic acids is 3. The molecule has 3 rings (SSSR count). The molecular formula is C18H13Cl3N4O5. The van der Waals surface area contributed by atoms with Crippen molar-refractivity contribution in [2.75, 3.05) is 11.9 Å². The Bertz CT molecular complexity index is 1080. The quantitative estimate of drug-likeness (QED) is 0.296. The molecule has 0 aromatic heterocycles. The van der Waals surface area contributed by atoms with Crippen molar-refractivity contribution in [1.82, 2.24) is 10.2 Å². The van der Waals surface area contributed by atoms with Gasteiger partial charge in [0.25, 0.3) is 11.6 Å². The van der Waals surface area contributed by atoms with Gasteiger partial charge in [-0.15, -0.1) is 0 Å². The molecule has 1 unspecified atom stereocenters. The molecule has 1 aliphatic heterocycles. The normalized spacial score (nSPS) is 18.3. The third-order valence-electron chi connectivity index (χ3n) is 4.52. The van der Waals surface area contributed by atoms with E-state index in [1.54, 1.807) is 0 Å². The zero-order valence-electron chi connectivity index (χ0n) is 15.2. The number of rotatable bonds is 5. The number of halogens is 3. The Hall–Kier alpha value is -2.88. The number of carbonyl (C=O) groups is 3. The summed E-state index contributed by atoms with van der Waals surface area (Å²) in [4.78, 5) is 48.6. The van der Waals surface area contributed by atoms with Crippen molar-refractivity contribution in [3.05, 3.63) is 67.1 Å². The molecule has 4 amide bonds. The van der Waals surface area contributed by atoms with Crippen molar-refractivity contribution in [3.8, 4) is 0 Å². The highest BCUT2D eigenvalue weighted by Gasteiger charge is 2.49. The number of hydrogen-bond donors (Lipinski definition) is 2. The Kier molecular flexibility index (Phi) is 5.89. The highest BCUT2D eigenvalue weighted by atomic mass is 35.5. The number of urea groups is 1. The molecule has 0 aliphatic carbocycles. The summed E-state index contributed by atoms with van der Waals surface area (Å²) in [5, 5.41) is 16.3. The Balaban J connectivity index is 1.77. The molecule has 1 heterocycles. The van der Waals surface area contributed by atoms with Gasteiger partial charge >= 0.3 is 6.03 Å². The monoisotopic (exact) mass is 470 g/mol. The summed E-state index contributed by atoms with van der Waals surface area (Å²) >= 11 is 17.8. The van der Waals surface area contributed by atoms with Crippen molar-refractivity contribution in [2.24, 2.45) is 0 Å². The average molecular weight is 472 g/mol. The number of benzene rings is 2. The molecule has 1 saturated heterocycles. The molecule has 2 aromatic carbocycles. The molecule has 1 aliphatic rings.